The molecule has 8 nitrogen and oxygen atoms in total. The Morgan fingerprint density at radius 1 is 1.09 bits per heavy atom. The maximum absolute atomic E-state index is 14.4. The van der Waals surface area contributed by atoms with E-state index in [0.29, 0.717) is 16.9 Å². The van der Waals surface area contributed by atoms with Crippen LogP contribution < -0.4 is 10.1 Å². The summed E-state index contributed by atoms with van der Waals surface area (Å²) >= 11 is 0. The van der Waals surface area contributed by atoms with Crippen molar-refractivity contribution in [1.82, 2.24) is 4.31 Å². The minimum atomic E-state index is -4.08. The average molecular weight is 496 g/mol. The summed E-state index contributed by atoms with van der Waals surface area (Å²) in [4.78, 5) is 12.3. The number of benzene rings is 3. The van der Waals surface area contributed by atoms with Gasteiger partial charge in [0.05, 0.1) is 24.8 Å². The summed E-state index contributed by atoms with van der Waals surface area (Å²) in [5.41, 5.74) is 1.61. The van der Waals surface area contributed by atoms with Crippen LogP contribution in [0.5, 0.6) is 5.75 Å². The topological polar surface area (TPSA) is 109 Å². The molecule has 0 atom stereocenters. The van der Waals surface area contributed by atoms with Crippen LogP contribution in [0.1, 0.15) is 21.5 Å². The van der Waals surface area contributed by atoms with E-state index in [1.165, 1.54) is 12.1 Å². The maximum atomic E-state index is 14.4. The van der Waals surface area contributed by atoms with Crippen LogP contribution >= 0.6 is 0 Å². The standard InChI is InChI=1S/C25H22FN3O5S/c26-23-9-8-21(15-24(23)35(31,32)29-10-12-33-13-11-29)28-25(30)18-6-3-7-22(14-18)34-17-20-5-2-1-4-19(20)16-27/h1-9,14-15H,10-13,17H2,(H,28,30). The largest absolute Gasteiger partial charge is 0.489 e. The molecule has 1 amide bonds. The van der Waals surface area contributed by atoms with Crippen molar-refractivity contribution in [3.8, 4) is 11.8 Å². The molecule has 0 aromatic heterocycles. The Hall–Kier alpha value is -3.78. The maximum Gasteiger partial charge on any atom is 0.255 e. The van der Waals surface area contributed by atoms with Crippen molar-refractivity contribution < 1.29 is 27.1 Å². The monoisotopic (exact) mass is 495 g/mol. The first kappa shape index (κ1) is 24.3. The number of morpholine rings is 1. The molecule has 3 aromatic rings. The molecule has 0 radical (unpaired) electrons. The minimum absolute atomic E-state index is 0.129. The fourth-order valence-corrected chi connectivity index (χ4v) is 5.05. The molecule has 35 heavy (non-hydrogen) atoms. The lowest BCUT2D eigenvalue weighted by atomic mass is 10.1. The summed E-state index contributed by atoms with van der Waals surface area (Å²) < 4.78 is 52.3. The predicted octanol–water partition coefficient (Wildman–Crippen LogP) is 3.55. The Bertz CT molecular complexity index is 1380. The van der Waals surface area contributed by atoms with Gasteiger partial charge in [-0.15, -0.1) is 0 Å². The number of nitriles is 1. The molecule has 0 saturated carbocycles. The molecule has 1 N–H and O–H groups in total. The summed E-state index contributed by atoms with van der Waals surface area (Å²) in [5, 5.41) is 11.8. The number of hydrogen-bond acceptors (Lipinski definition) is 6. The number of nitrogens with one attached hydrogen (secondary N) is 1. The second-order valence-corrected chi connectivity index (χ2v) is 9.61. The first-order chi connectivity index (χ1) is 16.9. The van der Waals surface area contributed by atoms with E-state index in [-0.39, 0.29) is 44.2 Å². The summed E-state index contributed by atoms with van der Waals surface area (Å²) in [5.74, 6) is -1.00. The Kier molecular flexibility index (Phi) is 7.41. The summed E-state index contributed by atoms with van der Waals surface area (Å²) in [7, 11) is -4.08. The molecule has 180 valence electrons. The van der Waals surface area contributed by atoms with Crippen LogP contribution in [0.4, 0.5) is 10.1 Å². The Morgan fingerprint density at radius 2 is 1.86 bits per heavy atom. The summed E-state index contributed by atoms with van der Waals surface area (Å²) in [6, 6.07) is 19.0. The van der Waals surface area contributed by atoms with Gasteiger partial charge in [0.25, 0.3) is 5.91 Å². The van der Waals surface area contributed by atoms with Gasteiger partial charge in [0, 0.05) is 29.9 Å². The van der Waals surface area contributed by atoms with Gasteiger partial charge < -0.3 is 14.8 Å². The van der Waals surface area contributed by atoms with Crippen molar-refractivity contribution in [2.24, 2.45) is 0 Å². The highest BCUT2D eigenvalue weighted by molar-refractivity contribution is 7.89. The second-order valence-electron chi connectivity index (χ2n) is 7.70. The first-order valence-electron chi connectivity index (χ1n) is 10.8. The van der Waals surface area contributed by atoms with Gasteiger partial charge >= 0.3 is 0 Å². The molecule has 0 bridgehead atoms. The van der Waals surface area contributed by atoms with E-state index < -0.39 is 26.6 Å². The molecule has 3 aromatic carbocycles. The molecule has 1 aliphatic heterocycles. The SMILES string of the molecule is N#Cc1ccccc1COc1cccc(C(=O)Nc2ccc(F)c(S(=O)(=O)N3CCOCC3)c2)c1. The zero-order valence-electron chi connectivity index (χ0n) is 18.6. The molecule has 0 aliphatic carbocycles. The van der Waals surface area contributed by atoms with Gasteiger partial charge in [-0.25, -0.2) is 12.8 Å². The van der Waals surface area contributed by atoms with Crippen molar-refractivity contribution in [1.29, 1.82) is 5.26 Å². The number of carbonyl (C=O) groups is 1. The van der Waals surface area contributed by atoms with Crippen molar-refractivity contribution in [3.05, 3.63) is 89.2 Å². The van der Waals surface area contributed by atoms with E-state index >= 15 is 0 Å². The fraction of sp³-hybridized carbons (Fsp3) is 0.200. The number of hydrogen-bond donors (Lipinski definition) is 1. The molecule has 0 unspecified atom stereocenters. The molecule has 4 rings (SSSR count). The number of nitrogens with zero attached hydrogens (tertiary/aromatic N) is 2. The molecule has 1 aliphatic rings. The van der Waals surface area contributed by atoms with Gasteiger partial charge in [0.1, 0.15) is 23.1 Å². The predicted molar refractivity (Wildman–Crippen MR) is 126 cm³/mol. The highest BCUT2D eigenvalue weighted by Gasteiger charge is 2.29. The number of rotatable bonds is 7. The van der Waals surface area contributed by atoms with Gasteiger partial charge in [-0.1, -0.05) is 24.3 Å². The molecular weight excluding hydrogens is 473 g/mol. The van der Waals surface area contributed by atoms with Gasteiger partial charge in [0.2, 0.25) is 10.0 Å². The Labute approximate surface area is 202 Å². The number of amides is 1. The van der Waals surface area contributed by atoms with Crippen molar-refractivity contribution >= 4 is 21.6 Å². The Balaban J connectivity index is 1.48. The van der Waals surface area contributed by atoms with Crippen molar-refractivity contribution in [2.75, 3.05) is 31.6 Å². The lowest BCUT2D eigenvalue weighted by molar-refractivity contribution is 0.0729. The molecule has 1 saturated heterocycles. The van der Waals surface area contributed by atoms with Crippen LogP contribution in [-0.4, -0.2) is 44.9 Å². The average Bonchev–Trinajstić information content (AvgIpc) is 2.89. The number of sulfonamides is 1. The van der Waals surface area contributed by atoms with Crippen LogP contribution in [0.25, 0.3) is 0 Å². The number of carbonyl (C=O) groups excluding carboxylic acids is 1. The zero-order chi connectivity index (χ0) is 24.8. The number of anilines is 1. The third-order valence-electron chi connectivity index (χ3n) is 5.41. The quantitative estimate of drug-likeness (QED) is 0.537. The first-order valence-corrected chi connectivity index (χ1v) is 12.2. The molecular formula is C25H22FN3O5S. The highest BCUT2D eigenvalue weighted by Crippen LogP contribution is 2.25. The van der Waals surface area contributed by atoms with E-state index in [2.05, 4.69) is 11.4 Å². The third kappa shape index (κ3) is 5.66. The van der Waals surface area contributed by atoms with Gasteiger partial charge in [-0.2, -0.15) is 9.57 Å². The van der Waals surface area contributed by atoms with E-state index in [0.717, 1.165) is 16.4 Å². The van der Waals surface area contributed by atoms with Crippen molar-refractivity contribution in [2.45, 2.75) is 11.5 Å². The zero-order valence-corrected chi connectivity index (χ0v) is 19.4. The van der Waals surface area contributed by atoms with Crippen LogP contribution in [0.2, 0.25) is 0 Å². The highest BCUT2D eigenvalue weighted by atomic mass is 32.2. The van der Waals surface area contributed by atoms with E-state index in [1.807, 2.05) is 0 Å². The van der Waals surface area contributed by atoms with Crippen LogP contribution in [0, 0.1) is 17.1 Å². The van der Waals surface area contributed by atoms with Gasteiger partial charge in [0.15, 0.2) is 0 Å². The van der Waals surface area contributed by atoms with E-state index in [1.54, 1.807) is 42.5 Å². The molecule has 0 spiro atoms. The summed E-state index contributed by atoms with van der Waals surface area (Å²) in [6.45, 7) is 0.874. The molecule has 1 fully saturated rings. The van der Waals surface area contributed by atoms with Crippen LogP contribution in [0.15, 0.2) is 71.6 Å². The summed E-state index contributed by atoms with van der Waals surface area (Å²) in [6.07, 6.45) is 0. The fourth-order valence-electron chi connectivity index (χ4n) is 3.55. The normalized spacial score (nSPS) is 14.2. The second kappa shape index (κ2) is 10.7. The smallest absolute Gasteiger partial charge is 0.255 e. The lowest BCUT2D eigenvalue weighted by Crippen LogP contribution is -2.40. The van der Waals surface area contributed by atoms with E-state index in [9.17, 15) is 22.9 Å². The van der Waals surface area contributed by atoms with Gasteiger partial charge in [-0.05, 0) is 42.5 Å². The van der Waals surface area contributed by atoms with Crippen LogP contribution in [0.3, 0.4) is 0 Å². The molecule has 10 heteroatoms. The van der Waals surface area contributed by atoms with Gasteiger partial charge in [-0.3, -0.25) is 4.79 Å². The third-order valence-corrected chi connectivity index (χ3v) is 7.32. The van der Waals surface area contributed by atoms with Crippen molar-refractivity contribution in [3.63, 3.8) is 0 Å². The Morgan fingerprint density at radius 3 is 2.63 bits per heavy atom. The lowest BCUT2D eigenvalue weighted by Gasteiger charge is -2.26. The number of ether oxygens (including phenoxy) is 2. The van der Waals surface area contributed by atoms with Crippen LogP contribution in [-0.2, 0) is 21.4 Å². The molecule has 1 heterocycles. The van der Waals surface area contributed by atoms with E-state index in [4.69, 9.17) is 9.47 Å². The minimum Gasteiger partial charge on any atom is -0.489 e. The number of halogens is 1.